The Labute approximate surface area is 204 Å². The number of ether oxygens (including phenoxy) is 2. The normalized spacial score (nSPS) is 25.7. The second-order valence-corrected chi connectivity index (χ2v) is 8.02. The molecule has 0 radical (unpaired) electrons. The van der Waals surface area contributed by atoms with Crippen LogP contribution in [0.25, 0.3) is 11.0 Å². The van der Waals surface area contributed by atoms with Crippen molar-refractivity contribution in [3.8, 4) is 5.75 Å². The number of carbonyl (C=O) groups is 1. The summed E-state index contributed by atoms with van der Waals surface area (Å²) in [6, 6.07) is 4.60. The Balaban J connectivity index is 0.00000363. The molecule has 1 fully saturated rings. The fourth-order valence-corrected chi connectivity index (χ4v) is 3.52. The van der Waals surface area contributed by atoms with E-state index in [1.807, 2.05) is 0 Å². The van der Waals surface area contributed by atoms with Crippen molar-refractivity contribution in [2.75, 3.05) is 6.61 Å². The first kappa shape index (κ1) is 26.7. The van der Waals surface area contributed by atoms with Gasteiger partial charge in [-0.3, -0.25) is 8.98 Å². The molecule has 2 aromatic rings. The van der Waals surface area contributed by atoms with Crippen molar-refractivity contribution in [1.29, 1.82) is 0 Å². The molecule has 2 heterocycles. The molecule has 12 nitrogen and oxygen atoms in total. The Hall–Kier alpha value is -1.55. The number of hydrogen-bond donors (Lipinski definition) is 3. The molecule has 3 N–H and O–H groups in total. The maximum atomic E-state index is 11.6. The summed E-state index contributed by atoms with van der Waals surface area (Å²) in [5, 5.41) is 23.6. The average molecular weight is 481 g/mol. The summed E-state index contributed by atoms with van der Waals surface area (Å²) in [6.45, 7) is 2.01. The van der Waals surface area contributed by atoms with Crippen LogP contribution in [0, 0.1) is 6.92 Å². The van der Waals surface area contributed by atoms with E-state index in [1.165, 1.54) is 25.1 Å². The molecule has 0 aliphatic carbocycles. The van der Waals surface area contributed by atoms with Crippen molar-refractivity contribution in [2.45, 2.75) is 44.5 Å². The van der Waals surface area contributed by atoms with Crippen LogP contribution in [0.1, 0.15) is 12.5 Å². The molecule has 0 saturated carbocycles. The molecular formula is C18H20NNaO11S. The molecule has 3 rings (SSSR count). The summed E-state index contributed by atoms with van der Waals surface area (Å²) < 4.78 is 52.6. The number of amides is 1. The van der Waals surface area contributed by atoms with Crippen molar-refractivity contribution in [3.05, 3.63) is 40.2 Å². The third-order valence-electron chi connectivity index (χ3n) is 4.62. The van der Waals surface area contributed by atoms with Crippen LogP contribution in [0.2, 0.25) is 0 Å². The van der Waals surface area contributed by atoms with Crippen molar-refractivity contribution < 1.29 is 75.6 Å². The minimum atomic E-state index is -5.08. The number of aliphatic hydroxyl groups is 2. The van der Waals surface area contributed by atoms with Gasteiger partial charge in [0.2, 0.25) is 22.6 Å². The fourth-order valence-electron chi connectivity index (χ4n) is 3.22. The second kappa shape index (κ2) is 10.6. The quantitative estimate of drug-likeness (QED) is 0.158. The van der Waals surface area contributed by atoms with Crippen LogP contribution in [0.15, 0.2) is 33.5 Å². The Morgan fingerprint density at radius 3 is 2.56 bits per heavy atom. The zero-order valence-corrected chi connectivity index (χ0v) is 20.2. The van der Waals surface area contributed by atoms with Crippen molar-refractivity contribution in [2.24, 2.45) is 0 Å². The molecule has 32 heavy (non-hydrogen) atoms. The van der Waals surface area contributed by atoms with Gasteiger partial charge in [0.25, 0.3) is 0 Å². The number of benzene rings is 1. The third-order valence-corrected chi connectivity index (χ3v) is 5.05. The van der Waals surface area contributed by atoms with Gasteiger partial charge in [-0.1, -0.05) is 0 Å². The maximum Gasteiger partial charge on any atom is 1.00 e. The number of aryl methyl sites for hydroxylation is 1. The van der Waals surface area contributed by atoms with Gasteiger partial charge in [0.1, 0.15) is 35.7 Å². The van der Waals surface area contributed by atoms with E-state index in [2.05, 4.69) is 9.50 Å². The molecular weight excluding hydrogens is 461 g/mol. The number of nitrogens with one attached hydrogen (secondary N) is 1. The predicted molar refractivity (Wildman–Crippen MR) is 102 cm³/mol. The zero-order chi connectivity index (χ0) is 22.9. The number of carbonyl (C=O) groups excluding carboxylic acids is 1. The molecule has 1 saturated heterocycles. The molecule has 5 atom stereocenters. The van der Waals surface area contributed by atoms with Gasteiger partial charge < -0.3 is 34.0 Å². The SMILES string of the molecule is CC(=O)N[C@@H]1C(Oc2ccc3c(C)cc(=O)oc3c2)OC(COS(=O)(=O)[O-])C(O)C1O.[Na+]. The van der Waals surface area contributed by atoms with Crippen LogP contribution in [-0.4, -0.2) is 66.3 Å². The zero-order valence-electron chi connectivity index (χ0n) is 17.4. The monoisotopic (exact) mass is 481 g/mol. The Morgan fingerprint density at radius 2 is 1.94 bits per heavy atom. The molecule has 0 bridgehead atoms. The van der Waals surface area contributed by atoms with Gasteiger partial charge in [0.15, 0.2) is 0 Å². The summed E-state index contributed by atoms with van der Waals surface area (Å²) in [4.78, 5) is 23.2. The van der Waals surface area contributed by atoms with E-state index in [0.29, 0.717) is 10.9 Å². The Morgan fingerprint density at radius 1 is 1.25 bits per heavy atom. The first-order valence-electron chi connectivity index (χ1n) is 9.05. The molecule has 1 aliphatic rings. The predicted octanol–water partition coefficient (Wildman–Crippen LogP) is -4.09. The van der Waals surface area contributed by atoms with Crippen molar-refractivity contribution in [3.63, 3.8) is 0 Å². The van der Waals surface area contributed by atoms with Gasteiger partial charge >= 0.3 is 35.2 Å². The smallest absolute Gasteiger partial charge is 0.726 e. The van der Waals surface area contributed by atoms with Gasteiger partial charge in [-0.2, -0.15) is 0 Å². The van der Waals surface area contributed by atoms with Crippen LogP contribution in [0.4, 0.5) is 0 Å². The van der Waals surface area contributed by atoms with E-state index >= 15 is 0 Å². The van der Waals surface area contributed by atoms with Crippen molar-refractivity contribution in [1.82, 2.24) is 5.32 Å². The van der Waals surface area contributed by atoms with Crippen LogP contribution in [0.3, 0.4) is 0 Å². The molecule has 170 valence electrons. The summed E-state index contributed by atoms with van der Waals surface area (Å²) in [5.74, 6) is -0.438. The molecule has 1 aliphatic heterocycles. The number of rotatable bonds is 6. The molecule has 1 aromatic heterocycles. The largest absolute Gasteiger partial charge is 1.00 e. The minimum Gasteiger partial charge on any atom is -0.726 e. The maximum absolute atomic E-state index is 11.6. The van der Waals surface area contributed by atoms with Crippen LogP contribution in [0.5, 0.6) is 5.75 Å². The summed E-state index contributed by atoms with van der Waals surface area (Å²) >= 11 is 0. The third kappa shape index (κ3) is 6.50. The van der Waals surface area contributed by atoms with Gasteiger partial charge in [-0.15, -0.1) is 0 Å². The van der Waals surface area contributed by atoms with Crippen LogP contribution >= 0.6 is 0 Å². The minimum absolute atomic E-state index is 0. The van der Waals surface area contributed by atoms with Crippen LogP contribution in [-0.2, 0) is 24.1 Å². The van der Waals surface area contributed by atoms with E-state index in [9.17, 15) is 32.8 Å². The number of hydrogen-bond acceptors (Lipinski definition) is 11. The standard InChI is InChI=1S/C18H21NO11S.Na/c1-8-5-14(21)29-12-6-10(3-4-11(8)12)28-18-15(19-9(2)20)17(23)16(22)13(30-18)7-27-31(24,25)26;/h3-6,13,15-18,22-23H,7H2,1-2H3,(H,19,20)(H,24,25,26);/q;+1/p-1/t13?,15-,16?,17?,18?;/m0./s1. The first-order chi connectivity index (χ1) is 14.4. The van der Waals surface area contributed by atoms with E-state index in [1.54, 1.807) is 13.0 Å². The van der Waals surface area contributed by atoms with Crippen molar-refractivity contribution >= 4 is 27.3 Å². The summed E-state index contributed by atoms with van der Waals surface area (Å²) in [6.07, 6.45) is -6.23. The number of aliphatic hydroxyl groups excluding tert-OH is 2. The molecule has 4 unspecified atom stereocenters. The van der Waals surface area contributed by atoms with E-state index in [4.69, 9.17) is 13.9 Å². The Bertz CT molecular complexity index is 1140. The topological polar surface area (TPSA) is 185 Å². The van der Waals surface area contributed by atoms with E-state index in [0.717, 1.165) is 0 Å². The second-order valence-electron chi connectivity index (χ2n) is 6.97. The van der Waals surface area contributed by atoms with E-state index in [-0.39, 0.29) is 40.9 Å². The Kier molecular flexibility index (Phi) is 8.83. The van der Waals surface area contributed by atoms with Gasteiger partial charge in [0.05, 0.1) is 6.61 Å². The number of fused-ring (bicyclic) bond motifs is 1. The summed E-state index contributed by atoms with van der Waals surface area (Å²) in [7, 11) is -5.08. The van der Waals surface area contributed by atoms with Gasteiger partial charge in [-0.25, -0.2) is 13.2 Å². The average Bonchev–Trinajstić information content (AvgIpc) is 2.65. The molecule has 0 spiro atoms. The molecule has 14 heteroatoms. The van der Waals surface area contributed by atoms with Gasteiger partial charge in [0, 0.05) is 24.4 Å². The van der Waals surface area contributed by atoms with Gasteiger partial charge in [-0.05, 0) is 24.6 Å². The summed E-state index contributed by atoms with van der Waals surface area (Å²) in [5.41, 5.74) is 0.325. The van der Waals surface area contributed by atoms with Crippen LogP contribution < -0.4 is 45.2 Å². The molecule has 1 amide bonds. The van der Waals surface area contributed by atoms with E-state index < -0.39 is 59.2 Å². The first-order valence-corrected chi connectivity index (χ1v) is 10.4. The molecule has 1 aromatic carbocycles. The fraction of sp³-hybridized carbons (Fsp3) is 0.444.